The van der Waals surface area contributed by atoms with E-state index in [2.05, 4.69) is 15.5 Å². The number of hydrogen-bond donors (Lipinski definition) is 3. The van der Waals surface area contributed by atoms with E-state index in [-0.39, 0.29) is 16.7 Å². The van der Waals surface area contributed by atoms with Crippen molar-refractivity contribution in [2.75, 3.05) is 49.6 Å². The number of nitrogens with one attached hydrogen (secondary N) is 2. The van der Waals surface area contributed by atoms with Crippen LogP contribution in [0.4, 0.5) is 11.5 Å². The predicted molar refractivity (Wildman–Crippen MR) is 146 cm³/mol. The number of thiazole rings is 1. The second-order valence-corrected chi connectivity index (χ2v) is 9.82. The number of carbonyl (C=O) groups excluding carboxylic acids is 1. The highest BCUT2D eigenvalue weighted by atomic mass is 32.1. The molecule has 37 heavy (non-hydrogen) atoms. The monoisotopic (exact) mass is 515 g/mol. The van der Waals surface area contributed by atoms with Crippen LogP contribution in [0, 0.1) is 0 Å². The van der Waals surface area contributed by atoms with Crippen LogP contribution in [0.15, 0.2) is 65.5 Å². The van der Waals surface area contributed by atoms with E-state index in [0.717, 1.165) is 34.8 Å². The fourth-order valence-corrected chi connectivity index (χ4v) is 5.82. The molecule has 188 valence electrons. The van der Waals surface area contributed by atoms with E-state index in [4.69, 9.17) is 9.72 Å². The standard InChI is InChI=1S/C27H25N5O4S/c33-18-5-3-4-17(16-18)28-10-11-29-26(35)23-24(34)19-8-9-22(31-12-14-36-15-13-31)30-25(19)32-20-6-1-2-7-21(20)37-27(23)32/h1-9,16,28,33H,10-15H2,(H,29,35). The average Bonchev–Trinajstić information content (AvgIpc) is 3.31. The van der Waals surface area contributed by atoms with E-state index in [1.807, 2.05) is 40.8 Å². The number of aromatic hydroxyl groups is 1. The molecule has 0 radical (unpaired) electrons. The minimum absolute atomic E-state index is 0.118. The molecule has 1 aliphatic heterocycles. The van der Waals surface area contributed by atoms with Crippen LogP contribution in [0.2, 0.25) is 0 Å². The summed E-state index contributed by atoms with van der Waals surface area (Å²) in [6.45, 7) is 3.48. The maximum atomic E-state index is 13.7. The molecule has 5 aromatic rings. The molecular weight excluding hydrogens is 490 g/mol. The molecule has 0 aliphatic carbocycles. The van der Waals surface area contributed by atoms with Gasteiger partial charge in [-0.1, -0.05) is 18.2 Å². The van der Waals surface area contributed by atoms with Gasteiger partial charge in [0.25, 0.3) is 5.91 Å². The Morgan fingerprint density at radius 1 is 1.05 bits per heavy atom. The third-order valence-electron chi connectivity index (χ3n) is 6.42. The zero-order valence-corrected chi connectivity index (χ0v) is 20.8. The van der Waals surface area contributed by atoms with E-state index in [9.17, 15) is 14.7 Å². The fourth-order valence-electron chi connectivity index (χ4n) is 4.63. The van der Waals surface area contributed by atoms with Crippen LogP contribution in [0.5, 0.6) is 5.75 Å². The Morgan fingerprint density at radius 2 is 1.89 bits per heavy atom. The van der Waals surface area contributed by atoms with E-state index in [1.165, 1.54) is 11.3 Å². The number of nitrogens with zero attached hydrogens (tertiary/aromatic N) is 3. The van der Waals surface area contributed by atoms with Gasteiger partial charge in [0.05, 0.1) is 28.8 Å². The number of carbonyl (C=O) groups is 1. The third kappa shape index (κ3) is 4.34. The minimum Gasteiger partial charge on any atom is -0.508 e. The summed E-state index contributed by atoms with van der Waals surface area (Å²) < 4.78 is 8.37. The highest BCUT2D eigenvalue weighted by Crippen LogP contribution is 2.31. The lowest BCUT2D eigenvalue weighted by atomic mass is 10.1. The Kier molecular flexibility index (Phi) is 6.11. The lowest BCUT2D eigenvalue weighted by Gasteiger charge is -2.27. The van der Waals surface area contributed by atoms with Gasteiger partial charge in [-0.25, -0.2) is 4.98 Å². The van der Waals surface area contributed by atoms with Crippen molar-refractivity contribution < 1.29 is 14.6 Å². The second-order valence-electron chi connectivity index (χ2n) is 8.79. The Hall–Kier alpha value is -4.15. The number of para-hydroxylation sites is 1. The topological polar surface area (TPSA) is 108 Å². The summed E-state index contributed by atoms with van der Waals surface area (Å²) in [7, 11) is 0. The van der Waals surface area contributed by atoms with Gasteiger partial charge in [-0.3, -0.25) is 14.0 Å². The van der Waals surface area contributed by atoms with E-state index >= 15 is 0 Å². The lowest BCUT2D eigenvalue weighted by molar-refractivity contribution is 0.0956. The smallest absolute Gasteiger partial charge is 0.258 e. The number of anilines is 2. The normalized spacial score (nSPS) is 13.9. The molecule has 9 nitrogen and oxygen atoms in total. The molecule has 6 rings (SSSR count). The van der Waals surface area contributed by atoms with E-state index < -0.39 is 5.91 Å². The number of benzene rings is 2. The molecule has 1 fully saturated rings. The second kappa shape index (κ2) is 9.72. The van der Waals surface area contributed by atoms with Crippen molar-refractivity contribution in [3.63, 3.8) is 0 Å². The molecule has 1 amide bonds. The van der Waals surface area contributed by atoms with Gasteiger partial charge in [0.15, 0.2) is 5.65 Å². The Morgan fingerprint density at radius 3 is 2.73 bits per heavy atom. The SMILES string of the molecule is O=C(NCCNc1cccc(O)c1)c1c(=O)c2ccc(N3CCOCC3)nc2n2c1sc1ccccc12. The van der Waals surface area contributed by atoms with Gasteiger partial charge in [-0.15, -0.1) is 11.3 Å². The molecular formula is C27H25N5O4S. The zero-order valence-electron chi connectivity index (χ0n) is 19.9. The average molecular weight is 516 g/mol. The van der Waals surface area contributed by atoms with Crippen LogP contribution in [0.1, 0.15) is 10.4 Å². The Balaban J connectivity index is 1.38. The zero-order chi connectivity index (χ0) is 25.4. The third-order valence-corrected chi connectivity index (χ3v) is 7.57. The van der Waals surface area contributed by atoms with Crippen molar-refractivity contribution in [2.24, 2.45) is 0 Å². The summed E-state index contributed by atoms with van der Waals surface area (Å²) in [6.07, 6.45) is 0. The van der Waals surface area contributed by atoms with Crippen LogP contribution >= 0.6 is 11.3 Å². The van der Waals surface area contributed by atoms with Crippen molar-refractivity contribution in [3.05, 3.63) is 76.5 Å². The maximum absolute atomic E-state index is 13.7. The number of aromatic nitrogens is 2. The first-order valence-corrected chi connectivity index (χ1v) is 12.9. The summed E-state index contributed by atoms with van der Waals surface area (Å²) in [4.78, 5) is 34.6. The molecule has 10 heteroatoms. The lowest BCUT2D eigenvalue weighted by Crippen LogP contribution is -2.37. The van der Waals surface area contributed by atoms with E-state index in [1.54, 1.807) is 24.3 Å². The van der Waals surface area contributed by atoms with Gasteiger partial charge in [0.2, 0.25) is 5.43 Å². The van der Waals surface area contributed by atoms with Crippen molar-refractivity contribution >= 4 is 54.8 Å². The summed E-state index contributed by atoms with van der Waals surface area (Å²) in [5.74, 6) is 0.524. The number of phenolic OH excluding ortho intramolecular Hbond substituents is 1. The van der Waals surface area contributed by atoms with Crippen LogP contribution in [0.25, 0.3) is 26.1 Å². The van der Waals surface area contributed by atoms with Crippen molar-refractivity contribution in [2.45, 2.75) is 0 Å². The number of hydrogen-bond acceptors (Lipinski definition) is 8. The number of pyridine rings is 2. The first-order chi connectivity index (χ1) is 18.1. The first-order valence-electron chi connectivity index (χ1n) is 12.1. The number of amides is 1. The van der Waals surface area contributed by atoms with Gasteiger partial charge < -0.3 is 25.4 Å². The Bertz CT molecular complexity index is 1690. The molecule has 0 atom stereocenters. The van der Waals surface area contributed by atoms with Gasteiger partial charge in [-0.2, -0.15) is 0 Å². The largest absolute Gasteiger partial charge is 0.508 e. The molecule has 1 saturated heterocycles. The summed E-state index contributed by atoms with van der Waals surface area (Å²) in [6, 6.07) is 18.2. The van der Waals surface area contributed by atoms with Crippen molar-refractivity contribution in [3.8, 4) is 5.75 Å². The number of morpholine rings is 1. The molecule has 0 spiro atoms. The quantitative estimate of drug-likeness (QED) is 0.297. The maximum Gasteiger partial charge on any atom is 0.258 e. The van der Waals surface area contributed by atoms with Crippen LogP contribution < -0.4 is 21.0 Å². The van der Waals surface area contributed by atoms with Gasteiger partial charge in [0, 0.05) is 37.9 Å². The first kappa shape index (κ1) is 23.3. The highest BCUT2D eigenvalue weighted by Gasteiger charge is 2.23. The summed E-state index contributed by atoms with van der Waals surface area (Å²) in [5.41, 5.74) is 1.98. The van der Waals surface area contributed by atoms with Gasteiger partial charge in [0.1, 0.15) is 22.0 Å². The number of ether oxygens (including phenoxy) is 1. The summed E-state index contributed by atoms with van der Waals surface area (Å²) in [5, 5.41) is 16.0. The van der Waals surface area contributed by atoms with Crippen molar-refractivity contribution in [1.29, 1.82) is 0 Å². The highest BCUT2D eigenvalue weighted by molar-refractivity contribution is 7.24. The predicted octanol–water partition coefficient (Wildman–Crippen LogP) is 3.45. The molecule has 3 aromatic heterocycles. The minimum atomic E-state index is -0.425. The van der Waals surface area contributed by atoms with Crippen molar-refractivity contribution in [1.82, 2.24) is 14.7 Å². The van der Waals surface area contributed by atoms with E-state index in [0.29, 0.717) is 42.2 Å². The van der Waals surface area contributed by atoms with Crippen LogP contribution in [-0.2, 0) is 4.74 Å². The molecule has 4 heterocycles. The summed E-state index contributed by atoms with van der Waals surface area (Å²) >= 11 is 1.41. The molecule has 3 N–H and O–H groups in total. The Labute approximate surface area is 215 Å². The molecule has 0 bridgehead atoms. The molecule has 1 aliphatic rings. The molecule has 0 unspecified atom stereocenters. The molecule has 0 saturated carbocycles. The van der Waals surface area contributed by atoms with Gasteiger partial charge >= 0.3 is 0 Å². The number of rotatable bonds is 6. The molecule has 2 aromatic carbocycles. The van der Waals surface area contributed by atoms with Crippen LogP contribution in [0.3, 0.4) is 0 Å². The number of fused-ring (bicyclic) bond motifs is 5. The number of phenols is 1. The van der Waals surface area contributed by atoms with Gasteiger partial charge in [-0.05, 0) is 36.4 Å². The van der Waals surface area contributed by atoms with Crippen LogP contribution in [-0.4, -0.2) is 59.8 Å². The fraction of sp³-hybridized carbons (Fsp3) is 0.222.